The molecule has 1 fully saturated rings. The Morgan fingerprint density at radius 1 is 1.19 bits per heavy atom. The van der Waals surface area contributed by atoms with E-state index in [2.05, 4.69) is 4.18 Å². The van der Waals surface area contributed by atoms with Gasteiger partial charge in [-0.2, -0.15) is 0 Å². The molecule has 1 heterocycles. The van der Waals surface area contributed by atoms with E-state index in [0.717, 1.165) is 0 Å². The summed E-state index contributed by atoms with van der Waals surface area (Å²) in [4.78, 5) is 0. The van der Waals surface area contributed by atoms with Gasteiger partial charge in [0.15, 0.2) is 16.6 Å². The molecule has 2 unspecified atom stereocenters. The minimum Gasteiger partial charge on any atom is -0.735 e. The average molecular weight is 367 g/mol. The topological polar surface area (TPSA) is 185 Å². The van der Waals surface area contributed by atoms with Crippen LogP contribution in [0.1, 0.15) is 6.42 Å². The molecule has 1 saturated heterocycles. The molecule has 0 aliphatic carbocycles. The Morgan fingerprint density at radius 2 is 1.71 bits per heavy atom. The van der Waals surface area contributed by atoms with Gasteiger partial charge in [-0.05, 0) is 0 Å². The van der Waals surface area contributed by atoms with Crippen LogP contribution >= 0.6 is 0 Å². The van der Waals surface area contributed by atoms with Gasteiger partial charge >= 0.3 is 59.1 Å². The molecule has 11 nitrogen and oxygen atoms in total. The van der Waals surface area contributed by atoms with E-state index in [-0.39, 0.29) is 65.5 Å². The van der Waals surface area contributed by atoms with Gasteiger partial charge in [-0.1, -0.05) is 0 Å². The SMILES string of the molecule is O=S(=O)([O-])NC1[C@H](O)CC(COS(=O)(=O)[O-])O[C@H]1O.[Na+].[Na+]. The third-order valence-corrected chi connectivity index (χ3v) is 3.22. The number of rotatable bonds is 5. The van der Waals surface area contributed by atoms with Crippen LogP contribution in [0.25, 0.3) is 0 Å². The minimum atomic E-state index is -4.96. The van der Waals surface area contributed by atoms with Gasteiger partial charge in [-0.15, -0.1) is 0 Å². The van der Waals surface area contributed by atoms with Gasteiger partial charge in [0, 0.05) is 6.42 Å². The third-order valence-electron chi connectivity index (χ3n) is 2.24. The molecule has 0 aromatic carbocycles. The maximum absolute atomic E-state index is 10.4. The Balaban J connectivity index is 0. The molecule has 0 spiro atoms. The molecule has 0 bridgehead atoms. The first-order valence-corrected chi connectivity index (χ1v) is 7.57. The van der Waals surface area contributed by atoms with Crippen molar-refractivity contribution in [2.24, 2.45) is 0 Å². The van der Waals surface area contributed by atoms with Crippen molar-refractivity contribution < 1.29 is 104 Å². The predicted molar refractivity (Wildman–Crippen MR) is 53.8 cm³/mol. The van der Waals surface area contributed by atoms with Gasteiger partial charge in [-0.3, -0.25) is 4.18 Å². The fourth-order valence-electron chi connectivity index (χ4n) is 1.51. The number of hydrogen-bond donors (Lipinski definition) is 3. The average Bonchev–Trinajstić information content (AvgIpc) is 2.18. The zero-order valence-corrected chi connectivity index (χ0v) is 16.8. The molecule has 1 aliphatic heterocycles. The molecule has 0 saturated carbocycles. The number of aliphatic hydroxyl groups is 2. The first kappa shape index (κ1) is 24.9. The van der Waals surface area contributed by atoms with Crippen LogP contribution in [-0.4, -0.2) is 67.3 Å². The summed E-state index contributed by atoms with van der Waals surface area (Å²) in [6.07, 6.45) is -4.91. The Kier molecular flexibility index (Phi) is 11.6. The Hall–Kier alpha value is 1.62. The maximum Gasteiger partial charge on any atom is 1.00 e. The summed E-state index contributed by atoms with van der Waals surface area (Å²) in [5, 5.41) is 18.9. The molecule has 1 rings (SSSR count). The van der Waals surface area contributed by atoms with Crippen LogP contribution in [0.5, 0.6) is 0 Å². The molecule has 0 radical (unpaired) electrons. The molecule has 0 amide bonds. The molecule has 4 atom stereocenters. The summed E-state index contributed by atoms with van der Waals surface area (Å²) in [5.41, 5.74) is 0. The van der Waals surface area contributed by atoms with E-state index in [1.54, 1.807) is 0 Å². The molecule has 1 aliphatic rings. The molecule has 0 aromatic rings. The van der Waals surface area contributed by atoms with Crippen LogP contribution in [-0.2, 0) is 29.6 Å². The first-order chi connectivity index (χ1) is 8.48. The summed E-state index contributed by atoms with van der Waals surface area (Å²) in [7, 11) is -9.88. The number of ether oxygens (including phenoxy) is 1. The predicted octanol–water partition coefficient (Wildman–Crippen LogP) is -9.64. The quantitative estimate of drug-likeness (QED) is 0.239. The maximum atomic E-state index is 10.4. The van der Waals surface area contributed by atoms with Crippen LogP contribution in [0.2, 0.25) is 0 Å². The van der Waals surface area contributed by atoms with E-state index < -0.39 is 51.8 Å². The van der Waals surface area contributed by atoms with Crippen LogP contribution in [0.3, 0.4) is 0 Å². The molecule has 15 heteroatoms. The normalized spacial score (nSPS) is 30.1. The summed E-state index contributed by atoms with van der Waals surface area (Å²) < 4.78 is 71.9. The summed E-state index contributed by atoms with van der Waals surface area (Å²) in [6.45, 7) is -0.753. The van der Waals surface area contributed by atoms with Crippen molar-refractivity contribution in [1.29, 1.82) is 0 Å². The number of nitrogens with one attached hydrogen (secondary N) is 1. The van der Waals surface area contributed by atoms with E-state index in [1.807, 2.05) is 0 Å². The smallest absolute Gasteiger partial charge is 0.735 e. The molecule has 3 N–H and O–H groups in total. The summed E-state index contributed by atoms with van der Waals surface area (Å²) in [5.74, 6) is 0. The van der Waals surface area contributed by atoms with E-state index in [9.17, 15) is 36.2 Å². The van der Waals surface area contributed by atoms with Crippen molar-refractivity contribution in [3.05, 3.63) is 0 Å². The molecule has 114 valence electrons. The zero-order valence-electron chi connectivity index (χ0n) is 11.2. The van der Waals surface area contributed by atoms with Crippen molar-refractivity contribution in [3.8, 4) is 0 Å². The van der Waals surface area contributed by atoms with Gasteiger partial charge in [0.2, 0.25) is 10.4 Å². The van der Waals surface area contributed by atoms with Crippen LogP contribution in [0, 0.1) is 0 Å². The fraction of sp³-hybridized carbons (Fsp3) is 1.00. The van der Waals surface area contributed by atoms with Crippen molar-refractivity contribution in [2.75, 3.05) is 6.61 Å². The second kappa shape index (κ2) is 9.80. The molecular formula is C6H11NNa2O10S2. The Labute approximate surface area is 165 Å². The number of hydrogen-bond acceptors (Lipinski definition) is 10. The largest absolute Gasteiger partial charge is 1.00 e. The van der Waals surface area contributed by atoms with Crippen molar-refractivity contribution in [2.45, 2.75) is 31.0 Å². The Bertz CT molecular complexity index is 498. The molecular weight excluding hydrogens is 356 g/mol. The first-order valence-electron chi connectivity index (χ1n) is 4.83. The van der Waals surface area contributed by atoms with E-state index in [4.69, 9.17) is 4.74 Å². The van der Waals surface area contributed by atoms with Crippen molar-refractivity contribution >= 4 is 20.7 Å². The molecule has 21 heavy (non-hydrogen) atoms. The van der Waals surface area contributed by atoms with Crippen molar-refractivity contribution in [3.63, 3.8) is 0 Å². The van der Waals surface area contributed by atoms with Gasteiger partial charge in [-0.25, -0.2) is 21.6 Å². The van der Waals surface area contributed by atoms with Gasteiger partial charge in [0.05, 0.1) is 24.9 Å². The van der Waals surface area contributed by atoms with Crippen LogP contribution < -0.4 is 63.8 Å². The van der Waals surface area contributed by atoms with E-state index in [1.165, 1.54) is 4.72 Å². The monoisotopic (exact) mass is 367 g/mol. The van der Waals surface area contributed by atoms with Crippen molar-refractivity contribution in [1.82, 2.24) is 4.72 Å². The zero-order chi connectivity index (χ0) is 14.8. The fourth-order valence-corrected chi connectivity index (χ4v) is 2.44. The Morgan fingerprint density at radius 3 is 2.10 bits per heavy atom. The summed E-state index contributed by atoms with van der Waals surface area (Å²) >= 11 is 0. The van der Waals surface area contributed by atoms with Crippen LogP contribution in [0.15, 0.2) is 0 Å². The second-order valence-corrected chi connectivity index (χ2v) is 5.94. The van der Waals surface area contributed by atoms with Gasteiger partial charge in [0.25, 0.3) is 0 Å². The van der Waals surface area contributed by atoms with Gasteiger partial charge < -0.3 is 24.1 Å². The summed E-state index contributed by atoms with van der Waals surface area (Å²) in [6, 6.07) is -1.59. The van der Waals surface area contributed by atoms with Crippen LogP contribution in [0.4, 0.5) is 0 Å². The van der Waals surface area contributed by atoms with E-state index >= 15 is 0 Å². The molecule has 0 aromatic heterocycles. The standard InChI is InChI=1S/C6H13NO10S2.2Na/c8-4-1-3(2-16-19(13,14)15)17-6(9)5(4)7-18(10,11)12;;/h3-9H,1-2H2,(H,10,11,12)(H,13,14,15);;/q;2*+1/p-2/t3?,4-,5?,6-;;/m1../s1. The van der Waals surface area contributed by atoms with Gasteiger partial charge in [0.1, 0.15) is 0 Å². The minimum absolute atomic E-state index is 0. The van der Waals surface area contributed by atoms with E-state index in [0.29, 0.717) is 0 Å². The second-order valence-electron chi connectivity index (χ2n) is 3.74. The third kappa shape index (κ3) is 10.2. The number of aliphatic hydroxyl groups excluding tert-OH is 2.